The maximum absolute atomic E-state index is 11.4. The molecule has 0 saturated carbocycles. The number of hydrogen-bond acceptors (Lipinski definition) is 6. The molecule has 0 spiro atoms. The fourth-order valence-corrected chi connectivity index (χ4v) is 1.80. The normalized spacial score (nSPS) is 12.9. The van der Waals surface area contributed by atoms with Gasteiger partial charge in [0.1, 0.15) is 18.1 Å². The zero-order chi connectivity index (χ0) is 14.1. The SMILES string of the molecule is O=C(O)c1cc(COc2ccc3c(c2)OCC3=O)on1. The molecule has 0 saturated heterocycles. The van der Waals surface area contributed by atoms with E-state index in [2.05, 4.69) is 5.16 Å². The number of nitrogens with zero attached hydrogens (tertiary/aromatic N) is 1. The number of benzene rings is 1. The average molecular weight is 275 g/mol. The van der Waals surface area contributed by atoms with Gasteiger partial charge in [0.2, 0.25) is 5.78 Å². The highest BCUT2D eigenvalue weighted by Gasteiger charge is 2.21. The van der Waals surface area contributed by atoms with Crippen molar-refractivity contribution in [1.82, 2.24) is 5.16 Å². The molecule has 7 nitrogen and oxygen atoms in total. The number of aromatic carboxylic acids is 1. The number of carbonyl (C=O) groups excluding carboxylic acids is 1. The van der Waals surface area contributed by atoms with Crippen LogP contribution in [0.3, 0.4) is 0 Å². The molecule has 7 heteroatoms. The van der Waals surface area contributed by atoms with E-state index in [-0.39, 0.29) is 24.7 Å². The van der Waals surface area contributed by atoms with Crippen molar-refractivity contribution in [3.05, 3.63) is 41.3 Å². The molecule has 1 aromatic carbocycles. The minimum atomic E-state index is -1.16. The van der Waals surface area contributed by atoms with E-state index in [0.717, 1.165) is 0 Å². The second kappa shape index (κ2) is 4.69. The molecule has 1 N–H and O–H groups in total. The molecule has 20 heavy (non-hydrogen) atoms. The Morgan fingerprint density at radius 1 is 1.40 bits per heavy atom. The maximum atomic E-state index is 11.4. The Balaban J connectivity index is 1.69. The van der Waals surface area contributed by atoms with Crippen LogP contribution in [-0.2, 0) is 6.61 Å². The standard InChI is InChI=1S/C13H9NO6/c15-11-6-19-12-4-7(1-2-9(11)12)18-5-8-3-10(13(16)17)14-20-8/h1-4H,5-6H2,(H,16,17). The molecule has 0 aliphatic carbocycles. The summed E-state index contributed by atoms with van der Waals surface area (Å²) in [6, 6.07) is 6.16. The summed E-state index contributed by atoms with van der Waals surface area (Å²) in [5.74, 6) is 0.0419. The molecule has 0 unspecified atom stereocenters. The third-order valence-electron chi connectivity index (χ3n) is 2.77. The summed E-state index contributed by atoms with van der Waals surface area (Å²) in [7, 11) is 0. The predicted molar refractivity (Wildman–Crippen MR) is 64.1 cm³/mol. The minimum absolute atomic E-state index is 0.0347. The number of carbonyl (C=O) groups is 2. The first kappa shape index (κ1) is 12.2. The topological polar surface area (TPSA) is 98.9 Å². The first-order valence-corrected chi connectivity index (χ1v) is 5.75. The van der Waals surface area contributed by atoms with E-state index in [9.17, 15) is 9.59 Å². The highest BCUT2D eigenvalue weighted by Crippen LogP contribution is 2.29. The Morgan fingerprint density at radius 2 is 2.25 bits per heavy atom. The van der Waals surface area contributed by atoms with Crippen molar-refractivity contribution in [3.63, 3.8) is 0 Å². The van der Waals surface area contributed by atoms with E-state index in [0.29, 0.717) is 22.8 Å². The van der Waals surface area contributed by atoms with Gasteiger partial charge in [0.25, 0.3) is 0 Å². The zero-order valence-electron chi connectivity index (χ0n) is 10.2. The van der Waals surface area contributed by atoms with Gasteiger partial charge in [-0.15, -0.1) is 0 Å². The van der Waals surface area contributed by atoms with Crippen LogP contribution < -0.4 is 9.47 Å². The summed E-state index contributed by atoms with van der Waals surface area (Å²) in [6.07, 6.45) is 0. The molecule has 102 valence electrons. The van der Waals surface area contributed by atoms with E-state index >= 15 is 0 Å². The number of carboxylic acid groups (broad SMARTS) is 1. The largest absolute Gasteiger partial charge is 0.485 e. The van der Waals surface area contributed by atoms with Crippen LogP contribution in [0.15, 0.2) is 28.8 Å². The lowest BCUT2D eigenvalue weighted by molar-refractivity contribution is 0.0685. The monoisotopic (exact) mass is 275 g/mol. The van der Waals surface area contributed by atoms with Crippen molar-refractivity contribution in [2.75, 3.05) is 6.61 Å². The Bertz CT molecular complexity index is 690. The van der Waals surface area contributed by atoms with Gasteiger partial charge in [-0.05, 0) is 12.1 Å². The van der Waals surface area contributed by atoms with Crippen LogP contribution in [0.5, 0.6) is 11.5 Å². The Hall–Kier alpha value is -2.83. The maximum Gasteiger partial charge on any atom is 0.358 e. The summed E-state index contributed by atoms with van der Waals surface area (Å²) in [4.78, 5) is 22.0. The van der Waals surface area contributed by atoms with Crippen molar-refractivity contribution in [3.8, 4) is 11.5 Å². The summed E-state index contributed by atoms with van der Waals surface area (Å²) < 4.78 is 15.4. The van der Waals surface area contributed by atoms with E-state index in [4.69, 9.17) is 19.1 Å². The van der Waals surface area contributed by atoms with Crippen LogP contribution in [0.25, 0.3) is 0 Å². The van der Waals surface area contributed by atoms with Crippen molar-refractivity contribution >= 4 is 11.8 Å². The molecule has 0 radical (unpaired) electrons. The zero-order valence-corrected chi connectivity index (χ0v) is 10.2. The van der Waals surface area contributed by atoms with E-state index in [1.165, 1.54) is 6.07 Å². The number of rotatable bonds is 4. The third-order valence-corrected chi connectivity index (χ3v) is 2.77. The first-order valence-electron chi connectivity index (χ1n) is 5.75. The van der Waals surface area contributed by atoms with Gasteiger partial charge >= 0.3 is 5.97 Å². The second-order valence-electron chi connectivity index (χ2n) is 4.14. The van der Waals surface area contributed by atoms with Crippen molar-refractivity contribution in [2.45, 2.75) is 6.61 Å². The fourth-order valence-electron chi connectivity index (χ4n) is 1.80. The first-order chi connectivity index (χ1) is 9.63. The highest BCUT2D eigenvalue weighted by molar-refractivity contribution is 6.02. The summed E-state index contributed by atoms with van der Waals surface area (Å²) in [5.41, 5.74) is 0.358. The van der Waals surface area contributed by atoms with Crippen molar-refractivity contribution in [1.29, 1.82) is 0 Å². The number of ketones is 1. The average Bonchev–Trinajstić information content (AvgIpc) is 3.04. The molecular weight excluding hydrogens is 266 g/mol. The molecule has 1 aromatic heterocycles. The van der Waals surface area contributed by atoms with Gasteiger partial charge in [-0.1, -0.05) is 5.16 Å². The Kier molecular flexibility index (Phi) is 2.86. The number of hydrogen-bond donors (Lipinski definition) is 1. The molecule has 0 amide bonds. The molecule has 2 aromatic rings. The van der Waals surface area contributed by atoms with E-state index in [1.807, 2.05) is 0 Å². The van der Waals surface area contributed by atoms with Crippen molar-refractivity contribution in [2.24, 2.45) is 0 Å². The van der Waals surface area contributed by atoms with Crippen molar-refractivity contribution < 1.29 is 28.7 Å². The van der Waals surface area contributed by atoms with Crippen LogP contribution in [0, 0.1) is 0 Å². The lowest BCUT2D eigenvalue weighted by atomic mass is 10.1. The smallest absolute Gasteiger partial charge is 0.358 e. The molecule has 1 aliphatic heterocycles. The molecule has 2 heterocycles. The molecule has 0 bridgehead atoms. The van der Waals surface area contributed by atoms with Gasteiger partial charge in [0, 0.05) is 12.1 Å². The number of carboxylic acids is 1. The minimum Gasteiger partial charge on any atom is -0.485 e. The number of aromatic nitrogens is 1. The van der Waals surface area contributed by atoms with Crippen LogP contribution >= 0.6 is 0 Å². The summed E-state index contributed by atoms with van der Waals surface area (Å²) >= 11 is 0. The van der Waals surface area contributed by atoms with Gasteiger partial charge in [-0.25, -0.2) is 4.79 Å². The van der Waals surface area contributed by atoms with Gasteiger partial charge < -0.3 is 19.1 Å². The molecule has 3 rings (SSSR count). The molecule has 0 fully saturated rings. The number of ether oxygens (including phenoxy) is 2. The summed E-state index contributed by atoms with van der Waals surface area (Å²) in [5, 5.41) is 12.1. The molecule has 1 aliphatic rings. The van der Waals surface area contributed by atoms with E-state index in [1.54, 1.807) is 18.2 Å². The van der Waals surface area contributed by atoms with E-state index < -0.39 is 5.97 Å². The fraction of sp³-hybridized carbons (Fsp3) is 0.154. The Labute approximate surface area is 112 Å². The van der Waals surface area contributed by atoms with Gasteiger partial charge in [-0.2, -0.15) is 0 Å². The quantitative estimate of drug-likeness (QED) is 0.903. The Morgan fingerprint density at radius 3 is 3.00 bits per heavy atom. The number of Topliss-reactive ketones (excluding diaryl/α,β-unsaturated/α-hetero) is 1. The molecular formula is C13H9NO6. The second-order valence-corrected chi connectivity index (χ2v) is 4.14. The van der Waals surface area contributed by atoms with Gasteiger partial charge in [0.15, 0.2) is 18.1 Å². The summed E-state index contributed by atoms with van der Waals surface area (Å²) in [6.45, 7) is 0.0792. The highest BCUT2D eigenvalue weighted by atomic mass is 16.5. The van der Waals surface area contributed by atoms with Crippen LogP contribution in [0.1, 0.15) is 26.6 Å². The number of fused-ring (bicyclic) bond motifs is 1. The molecule has 0 atom stereocenters. The third kappa shape index (κ3) is 2.20. The van der Waals surface area contributed by atoms with Crippen LogP contribution in [0.2, 0.25) is 0 Å². The lowest BCUT2D eigenvalue weighted by Gasteiger charge is -2.05. The predicted octanol–water partition coefficient (Wildman–Crippen LogP) is 1.53. The van der Waals surface area contributed by atoms with Crippen LogP contribution in [0.4, 0.5) is 0 Å². The lowest BCUT2D eigenvalue weighted by Crippen LogP contribution is -1.98. The van der Waals surface area contributed by atoms with Gasteiger partial charge in [0.05, 0.1) is 5.56 Å². The van der Waals surface area contributed by atoms with Crippen LogP contribution in [-0.4, -0.2) is 28.6 Å². The van der Waals surface area contributed by atoms with Gasteiger partial charge in [-0.3, -0.25) is 4.79 Å².